The zero-order chi connectivity index (χ0) is 11.1. The SMILES string of the molecule is COc1cccc2c1OC(C)(C)C(O)C2. The molecule has 1 aliphatic rings. The van der Waals surface area contributed by atoms with E-state index in [2.05, 4.69) is 0 Å². The fourth-order valence-corrected chi connectivity index (χ4v) is 1.78. The number of fused-ring (bicyclic) bond motifs is 1. The lowest BCUT2D eigenvalue weighted by molar-refractivity contribution is -0.0425. The molecule has 1 aromatic carbocycles. The van der Waals surface area contributed by atoms with Gasteiger partial charge in [0.2, 0.25) is 0 Å². The molecule has 2 rings (SSSR count). The van der Waals surface area contributed by atoms with E-state index in [-0.39, 0.29) is 0 Å². The highest BCUT2D eigenvalue weighted by atomic mass is 16.5. The Balaban J connectivity index is 2.45. The molecule has 3 heteroatoms. The molecule has 0 saturated carbocycles. The first-order chi connectivity index (χ1) is 7.04. The summed E-state index contributed by atoms with van der Waals surface area (Å²) < 4.78 is 11.0. The number of aliphatic hydroxyl groups excluding tert-OH is 1. The summed E-state index contributed by atoms with van der Waals surface area (Å²) in [6.07, 6.45) is 0.136. The lowest BCUT2D eigenvalue weighted by Crippen LogP contribution is -2.46. The molecule has 1 N–H and O–H groups in total. The molecule has 1 heterocycles. The van der Waals surface area contributed by atoms with Gasteiger partial charge < -0.3 is 14.6 Å². The van der Waals surface area contributed by atoms with Crippen LogP contribution in [0.1, 0.15) is 19.4 Å². The number of hydrogen-bond donors (Lipinski definition) is 1. The maximum absolute atomic E-state index is 9.88. The van der Waals surface area contributed by atoms with E-state index in [0.29, 0.717) is 6.42 Å². The Bertz CT molecular complexity index is 371. The van der Waals surface area contributed by atoms with Crippen LogP contribution in [0.2, 0.25) is 0 Å². The quantitative estimate of drug-likeness (QED) is 0.764. The summed E-state index contributed by atoms with van der Waals surface area (Å²) >= 11 is 0. The zero-order valence-corrected chi connectivity index (χ0v) is 9.28. The second-order valence-corrected chi connectivity index (χ2v) is 4.37. The van der Waals surface area contributed by atoms with Crippen LogP contribution in [0.4, 0.5) is 0 Å². The minimum Gasteiger partial charge on any atom is -0.493 e. The van der Waals surface area contributed by atoms with Crippen molar-refractivity contribution in [3.05, 3.63) is 23.8 Å². The van der Waals surface area contributed by atoms with Gasteiger partial charge in [0.1, 0.15) is 5.60 Å². The standard InChI is InChI=1S/C12H16O3/c1-12(2)10(13)7-8-5-4-6-9(14-3)11(8)15-12/h4-6,10,13H,7H2,1-3H3. The average Bonchev–Trinajstić information content (AvgIpc) is 2.18. The molecule has 1 atom stereocenters. The van der Waals surface area contributed by atoms with Gasteiger partial charge in [-0.05, 0) is 19.9 Å². The smallest absolute Gasteiger partial charge is 0.165 e. The summed E-state index contributed by atoms with van der Waals surface area (Å²) in [6, 6.07) is 5.73. The number of rotatable bonds is 1. The third kappa shape index (κ3) is 1.67. The molecule has 0 aromatic heterocycles. The molecule has 3 nitrogen and oxygen atoms in total. The normalized spacial score (nSPS) is 22.8. The summed E-state index contributed by atoms with van der Waals surface area (Å²) in [6.45, 7) is 3.76. The van der Waals surface area contributed by atoms with E-state index in [1.807, 2.05) is 32.0 Å². The Kier molecular flexibility index (Phi) is 2.35. The van der Waals surface area contributed by atoms with Crippen molar-refractivity contribution in [3.63, 3.8) is 0 Å². The van der Waals surface area contributed by atoms with Crippen LogP contribution in [0.3, 0.4) is 0 Å². The highest BCUT2D eigenvalue weighted by Gasteiger charge is 2.36. The van der Waals surface area contributed by atoms with Crippen LogP contribution in [0, 0.1) is 0 Å². The maximum Gasteiger partial charge on any atom is 0.165 e. The van der Waals surface area contributed by atoms with Crippen molar-refractivity contribution in [2.75, 3.05) is 7.11 Å². The first-order valence-electron chi connectivity index (χ1n) is 5.07. The summed E-state index contributed by atoms with van der Waals surface area (Å²) in [5, 5.41) is 9.88. The van der Waals surface area contributed by atoms with Gasteiger partial charge in [-0.15, -0.1) is 0 Å². The van der Waals surface area contributed by atoms with Crippen LogP contribution >= 0.6 is 0 Å². The molecule has 15 heavy (non-hydrogen) atoms. The van der Waals surface area contributed by atoms with Crippen LogP contribution in [0.15, 0.2) is 18.2 Å². The van der Waals surface area contributed by atoms with Gasteiger partial charge in [0.05, 0.1) is 13.2 Å². The second kappa shape index (κ2) is 3.42. The predicted octanol–water partition coefficient (Wildman–Crippen LogP) is 1.77. The Morgan fingerprint density at radius 3 is 2.87 bits per heavy atom. The monoisotopic (exact) mass is 208 g/mol. The number of aliphatic hydroxyl groups is 1. The van der Waals surface area contributed by atoms with Crippen molar-refractivity contribution in [3.8, 4) is 11.5 Å². The third-order valence-electron chi connectivity index (χ3n) is 2.86. The van der Waals surface area contributed by atoms with Crippen LogP contribution in [-0.4, -0.2) is 23.9 Å². The molecule has 1 aliphatic heterocycles. The van der Waals surface area contributed by atoms with Gasteiger partial charge in [-0.3, -0.25) is 0 Å². The second-order valence-electron chi connectivity index (χ2n) is 4.37. The average molecular weight is 208 g/mol. The fraction of sp³-hybridized carbons (Fsp3) is 0.500. The highest BCUT2D eigenvalue weighted by molar-refractivity contribution is 5.48. The summed E-state index contributed by atoms with van der Waals surface area (Å²) in [7, 11) is 1.62. The Hall–Kier alpha value is -1.22. The molecular formula is C12H16O3. The van der Waals surface area contributed by atoms with Crippen LogP contribution in [-0.2, 0) is 6.42 Å². The fourth-order valence-electron chi connectivity index (χ4n) is 1.78. The minimum absolute atomic E-state index is 0.475. The van der Waals surface area contributed by atoms with E-state index in [1.165, 1.54) is 0 Å². The number of benzene rings is 1. The maximum atomic E-state index is 9.88. The lowest BCUT2D eigenvalue weighted by Gasteiger charge is -2.37. The lowest BCUT2D eigenvalue weighted by atomic mass is 9.91. The zero-order valence-electron chi connectivity index (χ0n) is 9.28. The number of hydrogen-bond acceptors (Lipinski definition) is 3. The minimum atomic E-state index is -0.554. The molecular weight excluding hydrogens is 192 g/mol. The molecule has 1 unspecified atom stereocenters. The third-order valence-corrected chi connectivity index (χ3v) is 2.86. The Morgan fingerprint density at radius 1 is 1.47 bits per heavy atom. The first-order valence-corrected chi connectivity index (χ1v) is 5.07. The van der Waals surface area contributed by atoms with Crippen molar-refractivity contribution in [1.82, 2.24) is 0 Å². The highest BCUT2D eigenvalue weighted by Crippen LogP contribution is 2.39. The molecule has 0 saturated heterocycles. The molecule has 0 aliphatic carbocycles. The van der Waals surface area contributed by atoms with E-state index in [0.717, 1.165) is 17.1 Å². The van der Waals surface area contributed by atoms with Crippen molar-refractivity contribution in [1.29, 1.82) is 0 Å². The van der Waals surface area contributed by atoms with Gasteiger partial charge in [-0.1, -0.05) is 12.1 Å². The van der Waals surface area contributed by atoms with E-state index in [1.54, 1.807) is 7.11 Å². The molecule has 0 bridgehead atoms. The Morgan fingerprint density at radius 2 is 2.20 bits per heavy atom. The summed E-state index contributed by atoms with van der Waals surface area (Å²) in [5.41, 5.74) is 0.447. The topological polar surface area (TPSA) is 38.7 Å². The van der Waals surface area contributed by atoms with Gasteiger partial charge in [-0.2, -0.15) is 0 Å². The largest absolute Gasteiger partial charge is 0.493 e. The molecule has 0 radical (unpaired) electrons. The van der Waals surface area contributed by atoms with Crippen LogP contribution in [0.5, 0.6) is 11.5 Å². The molecule has 82 valence electrons. The van der Waals surface area contributed by atoms with Gasteiger partial charge >= 0.3 is 0 Å². The van der Waals surface area contributed by atoms with E-state index in [9.17, 15) is 5.11 Å². The van der Waals surface area contributed by atoms with Gasteiger partial charge in [-0.25, -0.2) is 0 Å². The predicted molar refractivity (Wildman–Crippen MR) is 57.4 cm³/mol. The van der Waals surface area contributed by atoms with Crippen molar-refractivity contribution in [2.24, 2.45) is 0 Å². The molecule has 0 spiro atoms. The number of para-hydroxylation sites is 1. The van der Waals surface area contributed by atoms with Gasteiger partial charge in [0.25, 0.3) is 0 Å². The Labute approximate surface area is 89.6 Å². The van der Waals surface area contributed by atoms with Crippen LogP contribution < -0.4 is 9.47 Å². The molecule has 1 aromatic rings. The first kappa shape index (κ1) is 10.3. The number of methoxy groups -OCH3 is 1. The summed E-state index contributed by atoms with van der Waals surface area (Å²) in [5.74, 6) is 1.49. The van der Waals surface area contributed by atoms with E-state index < -0.39 is 11.7 Å². The van der Waals surface area contributed by atoms with E-state index in [4.69, 9.17) is 9.47 Å². The molecule has 0 amide bonds. The van der Waals surface area contributed by atoms with Crippen molar-refractivity contribution >= 4 is 0 Å². The van der Waals surface area contributed by atoms with Crippen molar-refractivity contribution in [2.45, 2.75) is 32.0 Å². The van der Waals surface area contributed by atoms with Gasteiger partial charge in [0, 0.05) is 12.0 Å². The summed E-state index contributed by atoms with van der Waals surface area (Å²) in [4.78, 5) is 0. The number of ether oxygens (including phenoxy) is 2. The van der Waals surface area contributed by atoms with Gasteiger partial charge in [0.15, 0.2) is 11.5 Å². The van der Waals surface area contributed by atoms with E-state index >= 15 is 0 Å². The molecule has 0 fully saturated rings. The van der Waals surface area contributed by atoms with Crippen LogP contribution in [0.25, 0.3) is 0 Å². The van der Waals surface area contributed by atoms with Crippen molar-refractivity contribution < 1.29 is 14.6 Å².